The van der Waals surface area contributed by atoms with Crippen LogP contribution in [-0.2, 0) is 6.42 Å². The lowest BCUT2D eigenvalue weighted by Gasteiger charge is -2.26. The summed E-state index contributed by atoms with van der Waals surface area (Å²) in [6.07, 6.45) is 1.10. The first-order valence-electron chi connectivity index (χ1n) is 6.03. The Hall–Kier alpha value is -0.980. The molecule has 1 aromatic rings. The first kappa shape index (κ1) is 13.1. The lowest BCUT2D eigenvalue weighted by molar-refractivity contribution is 0.411. The van der Waals surface area contributed by atoms with Crippen LogP contribution in [0.1, 0.15) is 47.1 Å². The molecule has 1 heteroatoms. The average Bonchev–Trinajstić information content (AvgIpc) is 2.03. The minimum atomic E-state index is 0.119. The van der Waals surface area contributed by atoms with E-state index in [9.17, 15) is 0 Å². The van der Waals surface area contributed by atoms with Gasteiger partial charge in [0.2, 0.25) is 0 Å². The van der Waals surface area contributed by atoms with Gasteiger partial charge in [-0.05, 0) is 44.2 Å². The van der Waals surface area contributed by atoms with Gasteiger partial charge in [-0.3, -0.25) is 0 Å². The summed E-state index contributed by atoms with van der Waals surface area (Å²) in [5.74, 6) is 0. The van der Waals surface area contributed by atoms with E-state index in [2.05, 4.69) is 71.1 Å². The fourth-order valence-corrected chi connectivity index (χ4v) is 1.77. The Morgan fingerprint density at radius 2 is 1.50 bits per heavy atom. The highest BCUT2D eigenvalue weighted by Crippen LogP contribution is 2.27. The lowest BCUT2D eigenvalue weighted by atomic mass is 9.87. The molecule has 0 atom stereocenters. The summed E-state index contributed by atoms with van der Waals surface area (Å²) >= 11 is 0. The minimum Gasteiger partial charge on any atom is -0.380 e. The zero-order valence-corrected chi connectivity index (χ0v) is 11.5. The van der Waals surface area contributed by atoms with Crippen LogP contribution in [0.2, 0.25) is 0 Å². The van der Waals surface area contributed by atoms with Crippen LogP contribution in [0.15, 0.2) is 24.3 Å². The summed E-state index contributed by atoms with van der Waals surface area (Å²) in [5, 5.41) is 3.57. The highest BCUT2D eigenvalue weighted by Gasteiger charge is 2.16. The number of nitrogens with one attached hydrogen (secondary N) is 1. The third-order valence-electron chi connectivity index (χ3n) is 2.25. The third-order valence-corrected chi connectivity index (χ3v) is 2.25. The average molecular weight is 219 g/mol. The van der Waals surface area contributed by atoms with Gasteiger partial charge in [0.1, 0.15) is 0 Å². The van der Waals surface area contributed by atoms with E-state index in [1.165, 1.54) is 11.3 Å². The molecule has 0 spiro atoms. The Kier molecular flexibility index (Phi) is 3.67. The van der Waals surface area contributed by atoms with Crippen LogP contribution in [0.5, 0.6) is 0 Å². The molecule has 0 aliphatic heterocycles. The maximum absolute atomic E-state index is 3.57. The lowest BCUT2D eigenvalue weighted by Crippen LogP contribution is -2.27. The predicted octanol–water partition coefficient (Wildman–Crippen LogP) is 4.49. The van der Waals surface area contributed by atoms with Crippen molar-refractivity contribution in [2.24, 2.45) is 5.41 Å². The molecule has 0 heterocycles. The highest BCUT2D eigenvalue weighted by molar-refractivity contribution is 5.52. The van der Waals surface area contributed by atoms with Crippen molar-refractivity contribution in [3.8, 4) is 0 Å². The number of rotatable bonds is 2. The summed E-state index contributed by atoms with van der Waals surface area (Å²) in [4.78, 5) is 0. The zero-order chi connectivity index (χ0) is 12.4. The molecule has 0 fully saturated rings. The van der Waals surface area contributed by atoms with Crippen LogP contribution in [0, 0.1) is 5.41 Å². The molecule has 0 aliphatic carbocycles. The molecular weight excluding hydrogens is 194 g/mol. The Labute approximate surface area is 100 Å². The standard InChI is InChI=1S/C15H25N/c1-14(2,3)11-12-9-7-8-10-13(12)16-15(4,5)6/h7-10,16H,11H2,1-6H3. The summed E-state index contributed by atoms with van der Waals surface area (Å²) in [5.41, 5.74) is 3.12. The van der Waals surface area contributed by atoms with E-state index in [0.717, 1.165) is 6.42 Å². The van der Waals surface area contributed by atoms with Gasteiger partial charge in [0, 0.05) is 11.2 Å². The van der Waals surface area contributed by atoms with Crippen LogP contribution in [-0.4, -0.2) is 5.54 Å². The Bertz CT molecular complexity index is 304. The smallest absolute Gasteiger partial charge is 0.0376 e. The van der Waals surface area contributed by atoms with Crippen molar-refractivity contribution in [2.75, 3.05) is 5.32 Å². The second kappa shape index (κ2) is 4.48. The fourth-order valence-electron chi connectivity index (χ4n) is 1.77. The van der Waals surface area contributed by atoms with Gasteiger partial charge in [0.05, 0.1) is 0 Å². The molecule has 0 saturated heterocycles. The molecular formula is C15H25N. The predicted molar refractivity (Wildman–Crippen MR) is 73.0 cm³/mol. The van der Waals surface area contributed by atoms with Gasteiger partial charge in [-0.15, -0.1) is 0 Å². The van der Waals surface area contributed by atoms with Crippen LogP contribution in [0.25, 0.3) is 0 Å². The molecule has 0 amide bonds. The van der Waals surface area contributed by atoms with Crippen LogP contribution < -0.4 is 5.32 Å². The topological polar surface area (TPSA) is 12.0 Å². The summed E-state index contributed by atoms with van der Waals surface area (Å²) in [6.45, 7) is 13.4. The van der Waals surface area contributed by atoms with Crippen molar-refractivity contribution in [3.05, 3.63) is 29.8 Å². The number of para-hydroxylation sites is 1. The molecule has 0 aromatic heterocycles. The maximum atomic E-state index is 3.57. The zero-order valence-electron chi connectivity index (χ0n) is 11.5. The molecule has 0 bridgehead atoms. The first-order chi connectivity index (χ1) is 7.17. The minimum absolute atomic E-state index is 0.119. The molecule has 0 unspecified atom stereocenters. The van der Waals surface area contributed by atoms with Crippen molar-refractivity contribution in [1.29, 1.82) is 0 Å². The van der Waals surface area contributed by atoms with Gasteiger partial charge in [-0.1, -0.05) is 39.0 Å². The first-order valence-corrected chi connectivity index (χ1v) is 6.03. The molecule has 0 saturated carbocycles. The van der Waals surface area contributed by atoms with Crippen molar-refractivity contribution >= 4 is 5.69 Å². The largest absolute Gasteiger partial charge is 0.380 e. The SMILES string of the molecule is CC(C)(C)Cc1ccccc1NC(C)(C)C. The van der Waals surface area contributed by atoms with Gasteiger partial charge in [-0.25, -0.2) is 0 Å². The van der Waals surface area contributed by atoms with Crippen molar-refractivity contribution < 1.29 is 0 Å². The Balaban J connectivity index is 2.92. The number of hydrogen-bond donors (Lipinski definition) is 1. The van der Waals surface area contributed by atoms with E-state index in [1.54, 1.807) is 0 Å². The Morgan fingerprint density at radius 1 is 0.938 bits per heavy atom. The van der Waals surface area contributed by atoms with E-state index >= 15 is 0 Å². The van der Waals surface area contributed by atoms with Crippen molar-refractivity contribution in [3.63, 3.8) is 0 Å². The Morgan fingerprint density at radius 3 is 2.00 bits per heavy atom. The van der Waals surface area contributed by atoms with E-state index < -0.39 is 0 Å². The molecule has 1 N–H and O–H groups in total. The molecule has 1 rings (SSSR count). The maximum Gasteiger partial charge on any atom is 0.0376 e. The van der Waals surface area contributed by atoms with E-state index in [-0.39, 0.29) is 5.54 Å². The van der Waals surface area contributed by atoms with Crippen LogP contribution >= 0.6 is 0 Å². The van der Waals surface area contributed by atoms with E-state index in [1.807, 2.05) is 0 Å². The van der Waals surface area contributed by atoms with Gasteiger partial charge in [0.15, 0.2) is 0 Å². The molecule has 0 aliphatic rings. The quantitative estimate of drug-likeness (QED) is 0.773. The van der Waals surface area contributed by atoms with E-state index in [0.29, 0.717) is 5.41 Å². The molecule has 1 nitrogen and oxygen atoms in total. The third kappa shape index (κ3) is 4.69. The molecule has 1 aromatic carbocycles. The monoisotopic (exact) mass is 219 g/mol. The van der Waals surface area contributed by atoms with Gasteiger partial charge >= 0.3 is 0 Å². The normalized spacial score (nSPS) is 12.6. The van der Waals surface area contributed by atoms with Gasteiger partial charge in [0.25, 0.3) is 0 Å². The van der Waals surface area contributed by atoms with Gasteiger partial charge in [-0.2, -0.15) is 0 Å². The number of benzene rings is 1. The second-order valence-corrected chi connectivity index (χ2v) is 6.77. The van der Waals surface area contributed by atoms with Crippen molar-refractivity contribution in [2.45, 2.75) is 53.5 Å². The molecule has 16 heavy (non-hydrogen) atoms. The van der Waals surface area contributed by atoms with Crippen molar-refractivity contribution in [1.82, 2.24) is 0 Å². The van der Waals surface area contributed by atoms with Crippen LogP contribution in [0.3, 0.4) is 0 Å². The highest BCUT2D eigenvalue weighted by atomic mass is 15.0. The number of hydrogen-bond acceptors (Lipinski definition) is 1. The summed E-state index contributed by atoms with van der Waals surface area (Å²) < 4.78 is 0. The van der Waals surface area contributed by atoms with E-state index in [4.69, 9.17) is 0 Å². The molecule has 0 radical (unpaired) electrons. The van der Waals surface area contributed by atoms with Gasteiger partial charge < -0.3 is 5.32 Å². The fraction of sp³-hybridized carbons (Fsp3) is 0.600. The molecule has 90 valence electrons. The summed E-state index contributed by atoms with van der Waals surface area (Å²) in [6, 6.07) is 8.61. The second-order valence-electron chi connectivity index (χ2n) is 6.77. The number of anilines is 1. The van der Waals surface area contributed by atoms with Crippen LogP contribution in [0.4, 0.5) is 5.69 Å². The summed E-state index contributed by atoms with van der Waals surface area (Å²) in [7, 11) is 0.